The lowest BCUT2D eigenvalue weighted by Gasteiger charge is -2.33. The van der Waals surface area contributed by atoms with Gasteiger partial charge in [0.1, 0.15) is 0 Å². The van der Waals surface area contributed by atoms with Crippen molar-refractivity contribution in [2.75, 3.05) is 19.6 Å². The summed E-state index contributed by atoms with van der Waals surface area (Å²) in [6.45, 7) is 17.6. The summed E-state index contributed by atoms with van der Waals surface area (Å²) in [7, 11) is 0. The molecule has 2 heteroatoms. The lowest BCUT2D eigenvalue weighted by Crippen LogP contribution is -2.42. The summed E-state index contributed by atoms with van der Waals surface area (Å²) in [6, 6.07) is 0.585. The molecule has 0 spiro atoms. The van der Waals surface area contributed by atoms with Crippen LogP contribution in [0.25, 0.3) is 0 Å². The Morgan fingerprint density at radius 2 is 1.95 bits per heavy atom. The molecule has 0 aliphatic carbocycles. The van der Waals surface area contributed by atoms with Crippen molar-refractivity contribution in [3.8, 4) is 0 Å². The maximum Gasteiger partial charge on any atom is 0.0331 e. The van der Waals surface area contributed by atoms with Crippen molar-refractivity contribution < 1.29 is 0 Å². The highest BCUT2D eigenvalue weighted by molar-refractivity contribution is 5.25. The summed E-state index contributed by atoms with van der Waals surface area (Å²) >= 11 is 0. The molecule has 0 aromatic carbocycles. The Morgan fingerprint density at radius 1 is 1.30 bits per heavy atom. The van der Waals surface area contributed by atoms with Gasteiger partial charge in [0.15, 0.2) is 0 Å². The highest BCUT2D eigenvalue weighted by atomic mass is 15.1. The first-order valence-corrected chi connectivity index (χ1v) is 7.69. The quantitative estimate of drug-likeness (QED) is 0.557. The minimum atomic E-state index is 0.585. The van der Waals surface area contributed by atoms with Crippen molar-refractivity contribution >= 4 is 0 Å². The topological polar surface area (TPSA) is 15.3 Å². The van der Waals surface area contributed by atoms with E-state index in [1.165, 1.54) is 29.7 Å². The second kappa shape index (κ2) is 8.80. The fraction of sp³-hybridized carbons (Fsp3) is 0.556. The first-order valence-electron chi connectivity index (χ1n) is 7.69. The molecule has 1 N–H and O–H groups in total. The zero-order chi connectivity index (χ0) is 15.0. The van der Waals surface area contributed by atoms with Crippen LogP contribution in [0.3, 0.4) is 0 Å². The highest BCUT2D eigenvalue weighted by Crippen LogP contribution is 2.15. The average Bonchev–Trinajstić information content (AvgIpc) is 2.43. The van der Waals surface area contributed by atoms with E-state index in [0.717, 1.165) is 26.1 Å². The normalized spacial score (nSPS) is 18.9. The molecule has 1 heterocycles. The first-order chi connectivity index (χ1) is 9.56. The molecule has 20 heavy (non-hydrogen) atoms. The Hall–Kier alpha value is -1.28. The number of likely N-dealkylation sites (tertiary alicyclic amines) is 1. The SMILES string of the molecule is C=C/C=C\C(NC1CCN(CC(=C)C)CC1)=C(/C)CC. The molecular formula is C18H30N2. The molecule has 0 bridgehead atoms. The van der Waals surface area contributed by atoms with Gasteiger partial charge in [0.05, 0.1) is 0 Å². The third kappa shape index (κ3) is 5.79. The fourth-order valence-electron chi connectivity index (χ4n) is 2.51. The van der Waals surface area contributed by atoms with Crippen LogP contribution in [0.1, 0.15) is 40.0 Å². The van der Waals surface area contributed by atoms with Crippen molar-refractivity contribution in [1.82, 2.24) is 10.2 Å². The molecule has 0 aromatic heterocycles. The molecule has 0 aromatic rings. The van der Waals surface area contributed by atoms with Crippen molar-refractivity contribution in [1.29, 1.82) is 0 Å². The molecule has 2 nitrogen and oxygen atoms in total. The van der Waals surface area contributed by atoms with Crippen LogP contribution in [0.2, 0.25) is 0 Å². The lowest BCUT2D eigenvalue weighted by molar-refractivity contribution is 0.217. The highest BCUT2D eigenvalue weighted by Gasteiger charge is 2.19. The number of piperidine rings is 1. The van der Waals surface area contributed by atoms with E-state index in [0.29, 0.717) is 6.04 Å². The van der Waals surface area contributed by atoms with E-state index in [1.807, 2.05) is 12.2 Å². The van der Waals surface area contributed by atoms with Gasteiger partial charge in [0.2, 0.25) is 0 Å². The zero-order valence-corrected chi connectivity index (χ0v) is 13.4. The minimum absolute atomic E-state index is 0.585. The molecule has 1 fully saturated rings. The lowest BCUT2D eigenvalue weighted by atomic mass is 10.0. The third-order valence-electron chi connectivity index (χ3n) is 3.83. The molecule has 1 saturated heterocycles. The van der Waals surface area contributed by atoms with Gasteiger partial charge in [-0.05, 0) is 39.2 Å². The van der Waals surface area contributed by atoms with Gasteiger partial charge in [-0.15, -0.1) is 0 Å². The number of nitrogens with one attached hydrogen (secondary N) is 1. The molecular weight excluding hydrogens is 244 g/mol. The summed E-state index contributed by atoms with van der Waals surface area (Å²) in [5.41, 5.74) is 3.94. The summed E-state index contributed by atoms with van der Waals surface area (Å²) in [4.78, 5) is 2.50. The maximum atomic E-state index is 4.00. The number of hydrogen-bond donors (Lipinski definition) is 1. The van der Waals surface area contributed by atoms with Crippen LogP contribution in [0.4, 0.5) is 0 Å². The van der Waals surface area contributed by atoms with Crippen LogP contribution in [-0.2, 0) is 0 Å². The van der Waals surface area contributed by atoms with Gasteiger partial charge in [0, 0.05) is 31.4 Å². The summed E-state index contributed by atoms with van der Waals surface area (Å²) in [5.74, 6) is 0. The molecule has 0 unspecified atom stereocenters. The van der Waals surface area contributed by atoms with E-state index in [4.69, 9.17) is 0 Å². The number of nitrogens with zero attached hydrogens (tertiary/aromatic N) is 1. The Morgan fingerprint density at radius 3 is 2.45 bits per heavy atom. The first kappa shape index (κ1) is 16.8. The molecule has 0 saturated carbocycles. The van der Waals surface area contributed by atoms with Crippen molar-refractivity contribution in [3.63, 3.8) is 0 Å². The molecule has 0 atom stereocenters. The molecule has 112 valence electrons. The van der Waals surface area contributed by atoms with Gasteiger partial charge in [-0.1, -0.05) is 43.4 Å². The zero-order valence-electron chi connectivity index (χ0n) is 13.4. The molecule has 0 amide bonds. The van der Waals surface area contributed by atoms with Gasteiger partial charge >= 0.3 is 0 Å². The molecule has 1 rings (SSSR count). The Kier molecular flexibility index (Phi) is 7.38. The van der Waals surface area contributed by atoms with E-state index in [9.17, 15) is 0 Å². The van der Waals surface area contributed by atoms with Crippen LogP contribution in [-0.4, -0.2) is 30.6 Å². The number of hydrogen-bond acceptors (Lipinski definition) is 2. The minimum Gasteiger partial charge on any atom is -0.382 e. The fourth-order valence-corrected chi connectivity index (χ4v) is 2.51. The monoisotopic (exact) mass is 274 g/mol. The predicted octanol–water partition coefficient (Wildman–Crippen LogP) is 4.04. The third-order valence-corrected chi connectivity index (χ3v) is 3.83. The standard InChI is InChI=1S/C18H30N2/c1-6-8-9-18(16(5)7-2)19-17-10-12-20(13-11-17)14-15(3)4/h6,8-9,17,19H,1,3,7,10-14H2,2,4-5H3/b9-8-,18-16-. The van der Waals surface area contributed by atoms with Gasteiger partial charge in [-0.3, -0.25) is 4.90 Å². The van der Waals surface area contributed by atoms with Crippen LogP contribution in [0, 0.1) is 0 Å². The predicted molar refractivity (Wildman–Crippen MR) is 89.7 cm³/mol. The summed E-state index contributed by atoms with van der Waals surface area (Å²) in [5, 5.41) is 3.71. The number of rotatable bonds is 7. The largest absolute Gasteiger partial charge is 0.382 e. The van der Waals surface area contributed by atoms with E-state index in [2.05, 4.69) is 50.2 Å². The Balaban J connectivity index is 2.54. The van der Waals surface area contributed by atoms with Crippen molar-refractivity contribution in [2.45, 2.75) is 46.1 Å². The molecule has 0 radical (unpaired) electrons. The van der Waals surface area contributed by atoms with Crippen LogP contribution >= 0.6 is 0 Å². The molecule has 1 aliphatic heterocycles. The van der Waals surface area contributed by atoms with Gasteiger partial charge < -0.3 is 5.32 Å². The van der Waals surface area contributed by atoms with Gasteiger partial charge in [-0.25, -0.2) is 0 Å². The Labute approximate surface area is 124 Å². The second-order valence-corrected chi connectivity index (χ2v) is 5.79. The smallest absolute Gasteiger partial charge is 0.0331 e. The number of allylic oxidation sites excluding steroid dienone is 4. The summed E-state index contributed by atoms with van der Waals surface area (Å²) < 4.78 is 0. The van der Waals surface area contributed by atoms with Crippen LogP contribution < -0.4 is 5.32 Å². The van der Waals surface area contributed by atoms with E-state index >= 15 is 0 Å². The van der Waals surface area contributed by atoms with Crippen molar-refractivity contribution in [3.05, 3.63) is 48.2 Å². The second-order valence-electron chi connectivity index (χ2n) is 5.79. The van der Waals surface area contributed by atoms with E-state index in [-0.39, 0.29) is 0 Å². The van der Waals surface area contributed by atoms with Gasteiger partial charge in [0.25, 0.3) is 0 Å². The van der Waals surface area contributed by atoms with Crippen LogP contribution in [0.5, 0.6) is 0 Å². The van der Waals surface area contributed by atoms with Crippen LogP contribution in [0.15, 0.2) is 48.2 Å². The Bertz CT molecular complexity index is 382. The van der Waals surface area contributed by atoms with Crippen molar-refractivity contribution in [2.24, 2.45) is 0 Å². The summed E-state index contributed by atoms with van der Waals surface area (Å²) in [6.07, 6.45) is 9.48. The van der Waals surface area contributed by atoms with Gasteiger partial charge in [-0.2, -0.15) is 0 Å². The average molecular weight is 274 g/mol. The maximum absolute atomic E-state index is 4.00. The van der Waals surface area contributed by atoms with E-state index in [1.54, 1.807) is 0 Å². The molecule has 1 aliphatic rings. The van der Waals surface area contributed by atoms with E-state index < -0.39 is 0 Å².